The Bertz CT molecular complexity index is 802. The first-order valence-electron chi connectivity index (χ1n) is 7.28. The van der Waals surface area contributed by atoms with Gasteiger partial charge in [0.15, 0.2) is 0 Å². The molecular formula is C20H19Br. The summed E-state index contributed by atoms with van der Waals surface area (Å²) in [4.78, 5) is 0.225. The van der Waals surface area contributed by atoms with Crippen molar-refractivity contribution in [3.05, 3.63) is 82.4 Å². The van der Waals surface area contributed by atoms with Crippen LogP contribution in [0.2, 0.25) is 0 Å². The van der Waals surface area contributed by atoms with Crippen LogP contribution in [0.25, 0.3) is 10.8 Å². The van der Waals surface area contributed by atoms with Crippen molar-refractivity contribution in [1.82, 2.24) is 0 Å². The fourth-order valence-corrected chi connectivity index (χ4v) is 3.81. The zero-order valence-electron chi connectivity index (χ0n) is 12.7. The smallest absolute Gasteiger partial charge is 0.0653 e. The van der Waals surface area contributed by atoms with Crippen molar-refractivity contribution in [2.24, 2.45) is 0 Å². The third-order valence-electron chi connectivity index (χ3n) is 4.37. The Morgan fingerprint density at radius 2 is 1.38 bits per heavy atom. The summed E-state index contributed by atoms with van der Waals surface area (Å²) in [5, 5.41) is 2.67. The number of fused-ring (bicyclic) bond motifs is 1. The second-order valence-corrected chi connectivity index (χ2v) is 6.58. The summed E-state index contributed by atoms with van der Waals surface area (Å²) in [6.07, 6.45) is 0. The van der Waals surface area contributed by atoms with E-state index < -0.39 is 0 Å². The molecule has 0 fully saturated rings. The molecule has 0 saturated carbocycles. The molecule has 3 aromatic carbocycles. The topological polar surface area (TPSA) is 0 Å². The maximum absolute atomic E-state index is 3.92. The minimum atomic E-state index is 0.225. The van der Waals surface area contributed by atoms with Gasteiger partial charge in [0.25, 0.3) is 0 Å². The van der Waals surface area contributed by atoms with E-state index in [0.29, 0.717) is 0 Å². The number of hydrogen-bond acceptors (Lipinski definition) is 0. The van der Waals surface area contributed by atoms with Crippen molar-refractivity contribution in [2.75, 3.05) is 0 Å². The lowest BCUT2D eigenvalue weighted by Gasteiger charge is -2.18. The molecule has 0 amide bonds. The molecule has 0 aliphatic rings. The van der Waals surface area contributed by atoms with E-state index in [1.165, 1.54) is 38.6 Å². The molecule has 0 aromatic heterocycles. The third kappa shape index (κ3) is 2.51. The van der Waals surface area contributed by atoms with E-state index >= 15 is 0 Å². The van der Waals surface area contributed by atoms with Crippen LogP contribution in [0.1, 0.15) is 32.6 Å². The normalized spacial score (nSPS) is 12.6. The Hall–Kier alpha value is -1.60. The maximum Gasteiger partial charge on any atom is 0.0653 e. The van der Waals surface area contributed by atoms with Crippen LogP contribution in [-0.4, -0.2) is 0 Å². The fourth-order valence-electron chi connectivity index (χ4n) is 2.91. The van der Waals surface area contributed by atoms with E-state index in [0.717, 1.165) is 0 Å². The Morgan fingerprint density at radius 1 is 0.667 bits per heavy atom. The van der Waals surface area contributed by atoms with Gasteiger partial charge in [0.05, 0.1) is 4.83 Å². The molecule has 0 aliphatic heterocycles. The lowest BCUT2D eigenvalue weighted by Crippen LogP contribution is -1.99. The molecule has 0 aliphatic carbocycles. The summed E-state index contributed by atoms with van der Waals surface area (Å²) in [6, 6.07) is 19.7. The highest BCUT2D eigenvalue weighted by Crippen LogP contribution is 2.38. The van der Waals surface area contributed by atoms with Crippen molar-refractivity contribution in [2.45, 2.75) is 25.6 Å². The Balaban J connectivity index is 2.21. The zero-order chi connectivity index (χ0) is 15.0. The molecular weight excluding hydrogens is 320 g/mol. The highest BCUT2D eigenvalue weighted by atomic mass is 79.9. The van der Waals surface area contributed by atoms with E-state index in [1.807, 2.05) is 0 Å². The number of hydrogen-bond donors (Lipinski definition) is 0. The standard InChI is InChI=1S/C20H19Br/c1-13-7-6-10-17(15(13)3)20(21)19-12-11-14(2)16-8-4-5-9-18(16)19/h4-12,20H,1-3H3. The summed E-state index contributed by atoms with van der Waals surface area (Å²) < 4.78 is 0. The SMILES string of the molecule is Cc1cccc(C(Br)c2ccc(C)c3ccccc23)c1C. The van der Waals surface area contributed by atoms with Gasteiger partial charge in [-0.2, -0.15) is 0 Å². The summed E-state index contributed by atoms with van der Waals surface area (Å²) in [5.74, 6) is 0. The van der Waals surface area contributed by atoms with E-state index in [4.69, 9.17) is 0 Å². The predicted molar refractivity (Wildman–Crippen MR) is 95.4 cm³/mol. The fraction of sp³-hybridized carbons (Fsp3) is 0.200. The van der Waals surface area contributed by atoms with Crippen molar-refractivity contribution in [3.63, 3.8) is 0 Å². The second kappa shape index (κ2) is 5.65. The van der Waals surface area contributed by atoms with Crippen molar-refractivity contribution < 1.29 is 0 Å². The largest absolute Gasteiger partial charge is 0.0786 e. The summed E-state index contributed by atoms with van der Waals surface area (Å²) in [6.45, 7) is 6.55. The van der Waals surface area contributed by atoms with Gasteiger partial charge < -0.3 is 0 Å². The first kappa shape index (κ1) is 14.3. The minimum absolute atomic E-state index is 0.225. The van der Waals surface area contributed by atoms with Crippen LogP contribution < -0.4 is 0 Å². The van der Waals surface area contributed by atoms with Gasteiger partial charge in [-0.1, -0.05) is 70.5 Å². The zero-order valence-corrected chi connectivity index (χ0v) is 14.2. The van der Waals surface area contributed by atoms with E-state index in [-0.39, 0.29) is 4.83 Å². The average molecular weight is 339 g/mol. The Kier molecular flexibility index (Phi) is 3.86. The van der Waals surface area contributed by atoms with Crippen LogP contribution >= 0.6 is 15.9 Å². The quantitative estimate of drug-likeness (QED) is 0.484. The van der Waals surface area contributed by atoms with Crippen molar-refractivity contribution in [3.8, 4) is 0 Å². The van der Waals surface area contributed by atoms with Gasteiger partial charge >= 0.3 is 0 Å². The molecule has 0 nitrogen and oxygen atoms in total. The van der Waals surface area contributed by atoms with Gasteiger partial charge in [-0.3, -0.25) is 0 Å². The second-order valence-electron chi connectivity index (χ2n) is 5.67. The molecule has 106 valence electrons. The summed E-state index contributed by atoms with van der Waals surface area (Å²) in [7, 11) is 0. The van der Waals surface area contributed by atoms with E-state index in [2.05, 4.69) is 91.3 Å². The maximum atomic E-state index is 3.92. The highest BCUT2D eigenvalue weighted by molar-refractivity contribution is 9.09. The molecule has 0 N–H and O–H groups in total. The van der Waals surface area contributed by atoms with Gasteiger partial charge in [0.2, 0.25) is 0 Å². The monoisotopic (exact) mass is 338 g/mol. The predicted octanol–water partition coefficient (Wildman–Crippen LogP) is 6.25. The van der Waals surface area contributed by atoms with Gasteiger partial charge in [-0.25, -0.2) is 0 Å². The lowest BCUT2D eigenvalue weighted by molar-refractivity contribution is 1.14. The van der Waals surface area contributed by atoms with Crippen LogP contribution in [0.5, 0.6) is 0 Å². The third-order valence-corrected chi connectivity index (χ3v) is 5.35. The molecule has 3 rings (SSSR count). The number of alkyl halides is 1. The summed E-state index contributed by atoms with van der Waals surface area (Å²) >= 11 is 3.92. The molecule has 0 spiro atoms. The average Bonchev–Trinajstić information content (AvgIpc) is 2.50. The number of rotatable bonds is 2. The first-order chi connectivity index (χ1) is 10.1. The minimum Gasteiger partial charge on any atom is -0.0786 e. The molecule has 3 aromatic rings. The molecule has 0 radical (unpaired) electrons. The molecule has 0 heterocycles. The van der Waals surface area contributed by atoms with Crippen LogP contribution in [0.4, 0.5) is 0 Å². The van der Waals surface area contributed by atoms with Gasteiger partial charge in [0.1, 0.15) is 0 Å². The first-order valence-corrected chi connectivity index (χ1v) is 8.19. The number of halogens is 1. The number of benzene rings is 3. The van der Waals surface area contributed by atoms with Crippen LogP contribution in [0.15, 0.2) is 54.6 Å². The van der Waals surface area contributed by atoms with Gasteiger partial charge in [-0.15, -0.1) is 0 Å². The van der Waals surface area contributed by atoms with E-state index in [1.54, 1.807) is 0 Å². The Morgan fingerprint density at radius 3 is 2.14 bits per heavy atom. The summed E-state index contributed by atoms with van der Waals surface area (Å²) in [5.41, 5.74) is 6.72. The van der Waals surface area contributed by atoms with Gasteiger partial charge in [0, 0.05) is 0 Å². The highest BCUT2D eigenvalue weighted by Gasteiger charge is 2.16. The molecule has 1 unspecified atom stereocenters. The van der Waals surface area contributed by atoms with Crippen LogP contribution in [0, 0.1) is 20.8 Å². The number of aryl methyl sites for hydroxylation is 2. The van der Waals surface area contributed by atoms with Crippen molar-refractivity contribution >= 4 is 26.7 Å². The molecule has 1 heteroatoms. The van der Waals surface area contributed by atoms with Crippen LogP contribution in [0.3, 0.4) is 0 Å². The molecule has 21 heavy (non-hydrogen) atoms. The van der Waals surface area contributed by atoms with E-state index in [9.17, 15) is 0 Å². The van der Waals surface area contributed by atoms with Crippen molar-refractivity contribution in [1.29, 1.82) is 0 Å². The van der Waals surface area contributed by atoms with Crippen LogP contribution in [-0.2, 0) is 0 Å². The Labute approximate surface area is 134 Å². The molecule has 0 bridgehead atoms. The van der Waals surface area contributed by atoms with Gasteiger partial charge in [-0.05, 0) is 59.4 Å². The lowest BCUT2D eigenvalue weighted by atomic mass is 9.93. The molecule has 1 atom stereocenters. The molecule has 0 saturated heterocycles.